The Balaban J connectivity index is 0.00000625. The SMILES string of the molecule is CN=C(NCc1ccc(NC(=O)C(C)C)cc1)NC(C)CCC(C)C.I. The van der Waals surface area contributed by atoms with Crippen molar-refractivity contribution >= 4 is 41.5 Å². The van der Waals surface area contributed by atoms with Gasteiger partial charge in [0.05, 0.1) is 0 Å². The van der Waals surface area contributed by atoms with Gasteiger partial charge in [0.25, 0.3) is 0 Å². The van der Waals surface area contributed by atoms with E-state index < -0.39 is 0 Å². The number of aliphatic imine (C=N–C) groups is 1. The van der Waals surface area contributed by atoms with Crippen molar-refractivity contribution in [2.45, 2.75) is 60.0 Å². The Labute approximate surface area is 175 Å². The third-order valence-electron chi connectivity index (χ3n) is 3.99. The van der Waals surface area contributed by atoms with Gasteiger partial charge in [0.1, 0.15) is 0 Å². The summed E-state index contributed by atoms with van der Waals surface area (Å²) in [5.74, 6) is 1.54. The molecule has 1 aromatic rings. The van der Waals surface area contributed by atoms with Crippen LogP contribution in [0.4, 0.5) is 5.69 Å². The molecule has 0 bridgehead atoms. The van der Waals surface area contributed by atoms with E-state index in [1.54, 1.807) is 7.05 Å². The number of hydrogen-bond acceptors (Lipinski definition) is 2. The van der Waals surface area contributed by atoms with E-state index in [-0.39, 0.29) is 35.8 Å². The summed E-state index contributed by atoms with van der Waals surface area (Å²) in [6.45, 7) is 11.1. The second kappa shape index (κ2) is 12.9. The molecule has 5 nitrogen and oxygen atoms in total. The number of carbonyl (C=O) groups is 1. The lowest BCUT2D eigenvalue weighted by Gasteiger charge is -2.19. The topological polar surface area (TPSA) is 65.5 Å². The van der Waals surface area contributed by atoms with Gasteiger partial charge in [0.2, 0.25) is 5.91 Å². The van der Waals surface area contributed by atoms with Gasteiger partial charge in [-0.05, 0) is 43.4 Å². The molecule has 0 aliphatic carbocycles. The van der Waals surface area contributed by atoms with Gasteiger partial charge >= 0.3 is 0 Å². The van der Waals surface area contributed by atoms with E-state index in [2.05, 4.69) is 41.7 Å². The number of hydrogen-bond donors (Lipinski definition) is 3. The highest BCUT2D eigenvalue weighted by Gasteiger charge is 2.08. The van der Waals surface area contributed by atoms with Gasteiger partial charge in [-0.2, -0.15) is 0 Å². The maximum absolute atomic E-state index is 11.7. The van der Waals surface area contributed by atoms with Crippen LogP contribution in [0, 0.1) is 11.8 Å². The van der Waals surface area contributed by atoms with Crippen LogP contribution >= 0.6 is 24.0 Å². The summed E-state index contributed by atoms with van der Waals surface area (Å²) in [6, 6.07) is 8.27. The zero-order chi connectivity index (χ0) is 18.8. The summed E-state index contributed by atoms with van der Waals surface area (Å²) in [4.78, 5) is 16.0. The van der Waals surface area contributed by atoms with Gasteiger partial charge in [-0.1, -0.05) is 39.8 Å². The molecule has 0 saturated carbocycles. The molecule has 0 fully saturated rings. The van der Waals surface area contributed by atoms with E-state index in [0.29, 0.717) is 18.5 Å². The van der Waals surface area contributed by atoms with Crippen molar-refractivity contribution in [2.24, 2.45) is 16.8 Å². The van der Waals surface area contributed by atoms with Crippen molar-refractivity contribution in [3.63, 3.8) is 0 Å². The number of halogens is 1. The second-order valence-corrected chi connectivity index (χ2v) is 7.28. The number of amides is 1. The summed E-state index contributed by atoms with van der Waals surface area (Å²) < 4.78 is 0. The highest BCUT2D eigenvalue weighted by atomic mass is 127. The lowest BCUT2D eigenvalue weighted by atomic mass is 10.0. The van der Waals surface area contributed by atoms with Gasteiger partial charge in [0.15, 0.2) is 5.96 Å². The highest BCUT2D eigenvalue weighted by molar-refractivity contribution is 14.0. The number of benzene rings is 1. The quantitative estimate of drug-likeness (QED) is 0.298. The Kier molecular flexibility index (Phi) is 12.3. The van der Waals surface area contributed by atoms with Crippen LogP contribution in [0.5, 0.6) is 0 Å². The Morgan fingerprint density at radius 3 is 2.15 bits per heavy atom. The number of carbonyl (C=O) groups excluding carboxylic acids is 1. The van der Waals surface area contributed by atoms with Crippen LogP contribution in [-0.2, 0) is 11.3 Å². The normalized spacial score (nSPS) is 12.5. The molecule has 0 saturated heterocycles. The lowest BCUT2D eigenvalue weighted by Crippen LogP contribution is -2.41. The van der Waals surface area contributed by atoms with Crippen molar-refractivity contribution in [1.82, 2.24) is 10.6 Å². The summed E-state index contributed by atoms with van der Waals surface area (Å²) in [7, 11) is 1.79. The number of nitrogens with one attached hydrogen (secondary N) is 3. The van der Waals surface area contributed by atoms with E-state index in [1.807, 2.05) is 38.1 Å². The van der Waals surface area contributed by atoms with Crippen LogP contribution in [-0.4, -0.2) is 25.0 Å². The van der Waals surface area contributed by atoms with Gasteiger partial charge in [-0.15, -0.1) is 24.0 Å². The first-order chi connectivity index (χ1) is 11.8. The van der Waals surface area contributed by atoms with Crippen LogP contribution in [0.2, 0.25) is 0 Å². The number of anilines is 1. The average Bonchev–Trinajstić information content (AvgIpc) is 2.57. The molecule has 6 heteroatoms. The zero-order valence-electron chi connectivity index (χ0n) is 16.9. The molecule has 1 aromatic carbocycles. The maximum Gasteiger partial charge on any atom is 0.226 e. The predicted molar refractivity (Wildman–Crippen MR) is 122 cm³/mol. The van der Waals surface area contributed by atoms with E-state index in [4.69, 9.17) is 0 Å². The van der Waals surface area contributed by atoms with E-state index >= 15 is 0 Å². The monoisotopic (exact) mass is 474 g/mol. The summed E-state index contributed by atoms with van der Waals surface area (Å²) in [6.07, 6.45) is 2.33. The molecule has 148 valence electrons. The summed E-state index contributed by atoms with van der Waals surface area (Å²) in [5, 5.41) is 9.66. The molecule has 0 aliphatic rings. The molecule has 1 atom stereocenters. The molecule has 0 radical (unpaired) electrons. The molecule has 1 unspecified atom stereocenters. The van der Waals surface area contributed by atoms with Gasteiger partial charge in [-0.3, -0.25) is 9.79 Å². The zero-order valence-corrected chi connectivity index (χ0v) is 19.3. The molecule has 0 aromatic heterocycles. The van der Waals surface area contributed by atoms with E-state index in [1.165, 1.54) is 6.42 Å². The molecule has 0 spiro atoms. The van der Waals surface area contributed by atoms with E-state index in [0.717, 1.165) is 23.6 Å². The molecule has 0 heterocycles. The minimum absolute atomic E-state index is 0. The first-order valence-corrected chi connectivity index (χ1v) is 9.18. The molecule has 0 aliphatic heterocycles. The molecular formula is C20H35IN4O. The molecule has 26 heavy (non-hydrogen) atoms. The fourth-order valence-corrected chi connectivity index (χ4v) is 2.26. The molecule has 1 rings (SSSR count). The maximum atomic E-state index is 11.7. The van der Waals surface area contributed by atoms with Crippen molar-refractivity contribution < 1.29 is 4.79 Å². The largest absolute Gasteiger partial charge is 0.354 e. The Bertz CT molecular complexity index is 555. The molecule has 1 amide bonds. The van der Waals surface area contributed by atoms with Crippen LogP contribution in [0.1, 0.15) is 53.0 Å². The van der Waals surface area contributed by atoms with Crippen molar-refractivity contribution in [3.05, 3.63) is 29.8 Å². The highest BCUT2D eigenvalue weighted by Crippen LogP contribution is 2.11. The van der Waals surface area contributed by atoms with Crippen LogP contribution in [0.15, 0.2) is 29.3 Å². The van der Waals surface area contributed by atoms with Gasteiger partial charge in [-0.25, -0.2) is 0 Å². The number of guanidine groups is 1. The van der Waals surface area contributed by atoms with Crippen LogP contribution < -0.4 is 16.0 Å². The molecule has 3 N–H and O–H groups in total. The van der Waals surface area contributed by atoms with Crippen LogP contribution in [0.25, 0.3) is 0 Å². The van der Waals surface area contributed by atoms with Gasteiger partial charge < -0.3 is 16.0 Å². The average molecular weight is 474 g/mol. The predicted octanol–water partition coefficient (Wildman–Crippen LogP) is 4.39. The lowest BCUT2D eigenvalue weighted by molar-refractivity contribution is -0.118. The third kappa shape index (κ3) is 9.99. The molecular weight excluding hydrogens is 439 g/mol. The smallest absolute Gasteiger partial charge is 0.226 e. The van der Waals surface area contributed by atoms with Crippen molar-refractivity contribution in [1.29, 1.82) is 0 Å². The number of nitrogens with zero attached hydrogens (tertiary/aromatic N) is 1. The Morgan fingerprint density at radius 2 is 1.65 bits per heavy atom. The van der Waals surface area contributed by atoms with Crippen LogP contribution in [0.3, 0.4) is 0 Å². The number of rotatable bonds is 8. The van der Waals surface area contributed by atoms with E-state index in [9.17, 15) is 4.79 Å². The first kappa shape index (κ1) is 24.7. The fourth-order valence-electron chi connectivity index (χ4n) is 2.26. The minimum atomic E-state index is -0.0200. The third-order valence-corrected chi connectivity index (χ3v) is 3.99. The minimum Gasteiger partial charge on any atom is -0.354 e. The summed E-state index contributed by atoms with van der Waals surface area (Å²) in [5.41, 5.74) is 1.97. The fraction of sp³-hybridized carbons (Fsp3) is 0.600. The standard InChI is InChI=1S/C20H34N4O.HI/c1-14(2)7-8-16(5)23-20(21-6)22-13-17-9-11-18(12-10-17)24-19(25)15(3)4;/h9-12,14-16H,7-8,13H2,1-6H3,(H,24,25)(H2,21,22,23);1H. The van der Waals surface area contributed by atoms with Crippen molar-refractivity contribution in [3.8, 4) is 0 Å². The second-order valence-electron chi connectivity index (χ2n) is 7.28. The Hall–Kier alpha value is -1.31. The Morgan fingerprint density at radius 1 is 1.04 bits per heavy atom. The van der Waals surface area contributed by atoms with Crippen molar-refractivity contribution in [2.75, 3.05) is 12.4 Å². The first-order valence-electron chi connectivity index (χ1n) is 9.18. The summed E-state index contributed by atoms with van der Waals surface area (Å²) >= 11 is 0. The van der Waals surface area contributed by atoms with Gasteiger partial charge in [0, 0.05) is 31.2 Å².